The molecule has 0 aromatic carbocycles. The molecule has 2 aliphatic heterocycles. The highest BCUT2D eigenvalue weighted by molar-refractivity contribution is 4.99. The Morgan fingerprint density at radius 2 is 1.39 bits per heavy atom. The summed E-state index contributed by atoms with van der Waals surface area (Å²) in [7, 11) is 0. The van der Waals surface area contributed by atoms with Crippen LogP contribution in [0, 0.1) is 0 Å². The van der Waals surface area contributed by atoms with Gasteiger partial charge in [-0.1, -0.05) is 0 Å². The molecule has 2 heterocycles. The summed E-state index contributed by atoms with van der Waals surface area (Å²) in [5, 5.41) is 0. The summed E-state index contributed by atoms with van der Waals surface area (Å²) in [4.78, 5) is 2.56. The van der Waals surface area contributed by atoms with Gasteiger partial charge >= 0.3 is 0 Å². The molecule has 4 atom stereocenters. The predicted molar refractivity (Wildman–Crippen MR) is 72.6 cm³/mol. The summed E-state index contributed by atoms with van der Waals surface area (Å²) in [6.07, 6.45) is 3.26. The first-order valence-corrected chi connectivity index (χ1v) is 7.21. The van der Waals surface area contributed by atoms with E-state index in [2.05, 4.69) is 32.6 Å². The van der Waals surface area contributed by atoms with Gasteiger partial charge in [0.05, 0.1) is 24.4 Å². The minimum Gasteiger partial charge on any atom is -0.375 e. The Bertz CT molecular complexity index is 265. The third-order valence-electron chi connectivity index (χ3n) is 4.27. The second-order valence-corrected chi connectivity index (χ2v) is 6.26. The molecule has 4 unspecified atom stereocenters. The minimum atomic E-state index is 0.101. The van der Waals surface area contributed by atoms with Crippen LogP contribution in [0.1, 0.15) is 40.5 Å². The van der Waals surface area contributed by atoms with Crippen molar-refractivity contribution in [1.29, 1.82) is 0 Å². The van der Waals surface area contributed by atoms with Crippen molar-refractivity contribution in [3.8, 4) is 0 Å². The van der Waals surface area contributed by atoms with Gasteiger partial charge in [0, 0.05) is 25.2 Å². The van der Waals surface area contributed by atoms with Crippen molar-refractivity contribution in [2.45, 2.75) is 70.5 Å². The molecule has 2 rings (SSSR count). The lowest BCUT2D eigenvalue weighted by atomic mass is 9.81. The minimum absolute atomic E-state index is 0.101. The first kappa shape index (κ1) is 14.3. The number of ether oxygens (including phenoxy) is 2. The zero-order valence-corrected chi connectivity index (χ0v) is 12.2. The number of hydrogen-bond acceptors (Lipinski definition) is 4. The van der Waals surface area contributed by atoms with Gasteiger partial charge in [-0.2, -0.15) is 0 Å². The molecular weight excluding hydrogens is 228 g/mol. The van der Waals surface area contributed by atoms with E-state index in [0.717, 1.165) is 25.9 Å². The molecule has 0 aromatic rings. The van der Waals surface area contributed by atoms with Crippen LogP contribution in [0.15, 0.2) is 0 Å². The molecular formula is C14H28N2O2. The molecule has 106 valence electrons. The first-order valence-electron chi connectivity index (χ1n) is 7.21. The largest absolute Gasteiger partial charge is 0.375 e. The number of hydrogen-bond donors (Lipinski definition) is 1. The Morgan fingerprint density at radius 1 is 0.944 bits per heavy atom. The molecule has 18 heavy (non-hydrogen) atoms. The third kappa shape index (κ3) is 2.87. The molecule has 0 amide bonds. The van der Waals surface area contributed by atoms with E-state index in [1.165, 1.54) is 0 Å². The average Bonchev–Trinajstić information content (AvgIpc) is 2.26. The van der Waals surface area contributed by atoms with Gasteiger partial charge in [-0.05, 0) is 40.5 Å². The van der Waals surface area contributed by atoms with Crippen LogP contribution in [-0.4, -0.2) is 54.5 Å². The summed E-state index contributed by atoms with van der Waals surface area (Å²) in [5.74, 6) is 0. The van der Waals surface area contributed by atoms with E-state index in [4.69, 9.17) is 15.2 Å². The topological polar surface area (TPSA) is 47.7 Å². The zero-order chi connectivity index (χ0) is 13.3. The van der Waals surface area contributed by atoms with Crippen molar-refractivity contribution in [3.05, 3.63) is 0 Å². The van der Waals surface area contributed by atoms with Crippen molar-refractivity contribution < 1.29 is 9.47 Å². The van der Waals surface area contributed by atoms with Gasteiger partial charge in [-0.3, -0.25) is 4.90 Å². The Morgan fingerprint density at radius 3 is 1.83 bits per heavy atom. The molecule has 4 nitrogen and oxygen atoms in total. The first-order chi connectivity index (χ1) is 8.45. The third-order valence-corrected chi connectivity index (χ3v) is 4.27. The summed E-state index contributed by atoms with van der Waals surface area (Å²) >= 11 is 0. The van der Waals surface area contributed by atoms with Crippen LogP contribution in [-0.2, 0) is 9.47 Å². The van der Waals surface area contributed by atoms with E-state index in [1.54, 1.807) is 0 Å². The second-order valence-electron chi connectivity index (χ2n) is 6.26. The maximum Gasteiger partial charge on any atom is 0.0678 e. The average molecular weight is 256 g/mol. The van der Waals surface area contributed by atoms with Gasteiger partial charge in [-0.15, -0.1) is 0 Å². The number of nitrogens with two attached hydrogens (primary N) is 1. The molecule has 0 spiro atoms. The summed E-state index contributed by atoms with van der Waals surface area (Å²) in [5.41, 5.74) is 6.25. The van der Waals surface area contributed by atoms with Crippen molar-refractivity contribution in [2.75, 3.05) is 19.6 Å². The van der Waals surface area contributed by atoms with Crippen LogP contribution in [0.3, 0.4) is 0 Å². The lowest BCUT2D eigenvalue weighted by Crippen LogP contribution is -2.64. The predicted octanol–water partition coefficient (Wildman–Crippen LogP) is 1.38. The highest BCUT2D eigenvalue weighted by atomic mass is 16.5. The molecule has 0 radical (unpaired) electrons. The highest BCUT2D eigenvalue weighted by Crippen LogP contribution is 2.35. The van der Waals surface area contributed by atoms with E-state index in [-0.39, 0.29) is 5.54 Å². The molecule has 0 aromatic heterocycles. The molecule has 2 saturated heterocycles. The van der Waals surface area contributed by atoms with Crippen molar-refractivity contribution in [1.82, 2.24) is 4.90 Å². The monoisotopic (exact) mass is 256 g/mol. The van der Waals surface area contributed by atoms with E-state index < -0.39 is 0 Å². The standard InChI is InChI=1S/C14H28N2O2/c1-10-5-14(9-15,6-11(2)17-10)16-7-12(3)18-13(4)8-16/h10-13H,5-9,15H2,1-4H3. The molecule has 2 N–H and O–H groups in total. The van der Waals surface area contributed by atoms with Gasteiger partial charge in [0.15, 0.2) is 0 Å². The Kier molecular flexibility index (Phi) is 4.32. The van der Waals surface area contributed by atoms with Crippen molar-refractivity contribution >= 4 is 0 Å². The Labute approximate surface area is 111 Å². The maximum absolute atomic E-state index is 6.15. The van der Waals surface area contributed by atoms with Gasteiger partial charge in [0.2, 0.25) is 0 Å². The van der Waals surface area contributed by atoms with E-state index in [0.29, 0.717) is 31.0 Å². The number of nitrogens with zero attached hydrogens (tertiary/aromatic N) is 1. The molecule has 4 heteroatoms. The lowest BCUT2D eigenvalue weighted by molar-refractivity contribution is -0.148. The number of morpholine rings is 1. The summed E-state index contributed by atoms with van der Waals surface area (Å²) in [6, 6.07) is 0. The highest BCUT2D eigenvalue weighted by Gasteiger charge is 2.44. The fourth-order valence-corrected chi connectivity index (χ4v) is 3.77. The van der Waals surface area contributed by atoms with E-state index >= 15 is 0 Å². The molecule has 0 saturated carbocycles. The quantitative estimate of drug-likeness (QED) is 0.811. The van der Waals surface area contributed by atoms with Gasteiger partial charge in [0.1, 0.15) is 0 Å². The van der Waals surface area contributed by atoms with Crippen LogP contribution < -0.4 is 5.73 Å². The number of rotatable bonds is 2. The van der Waals surface area contributed by atoms with Crippen LogP contribution in [0.5, 0.6) is 0 Å². The van der Waals surface area contributed by atoms with E-state index in [9.17, 15) is 0 Å². The van der Waals surface area contributed by atoms with Crippen molar-refractivity contribution in [2.24, 2.45) is 5.73 Å². The van der Waals surface area contributed by atoms with Crippen LogP contribution in [0.4, 0.5) is 0 Å². The molecule has 2 aliphatic rings. The normalized spacial score (nSPS) is 47.2. The summed E-state index contributed by atoms with van der Waals surface area (Å²) < 4.78 is 11.7. The zero-order valence-electron chi connectivity index (χ0n) is 12.2. The van der Waals surface area contributed by atoms with Gasteiger partial charge in [0.25, 0.3) is 0 Å². The fourth-order valence-electron chi connectivity index (χ4n) is 3.77. The fraction of sp³-hybridized carbons (Fsp3) is 1.00. The van der Waals surface area contributed by atoms with Crippen LogP contribution >= 0.6 is 0 Å². The Hall–Kier alpha value is -0.160. The van der Waals surface area contributed by atoms with E-state index in [1.807, 2.05) is 0 Å². The summed E-state index contributed by atoms with van der Waals surface area (Å²) in [6.45, 7) is 11.3. The lowest BCUT2D eigenvalue weighted by Gasteiger charge is -2.52. The van der Waals surface area contributed by atoms with Crippen molar-refractivity contribution in [3.63, 3.8) is 0 Å². The second kappa shape index (κ2) is 5.45. The van der Waals surface area contributed by atoms with Gasteiger partial charge in [-0.25, -0.2) is 0 Å². The van der Waals surface area contributed by atoms with Crippen LogP contribution in [0.25, 0.3) is 0 Å². The maximum atomic E-state index is 6.15. The molecule has 0 aliphatic carbocycles. The smallest absolute Gasteiger partial charge is 0.0678 e. The molecule has 0 bridgehead atoms. The van der Waals surface area contributed by atoms with Gasteiger partial charge < -0.3 is 15.2 Å². The molecule has 2 fully saturated rings. The SMILES string of the molecule is CC1CN(C2(CN)CC(C)OC(C)C2)CC(C)O1. The Balaban J connectivity index is 2.15. The van der Waals surface area contributed by atoms with Crippen LogP contribution in [0.2, 0.25) is 0 Å².